The Morgan fingerprint density at radius 1 is 1.05 bits per heavy atom. The van der Waals surface area contributed by atoms with Crippen LogP contribution in [0.5, 0.6) is 0 Å². The van der Waals surface area contributed by atoms with Crippen LogP contribution in [0.3, 0.4) is 0 Å². The Morgan fingerprint density at radius 3 is 2.25 bits per heavy atom. The highest BCUT2D eigenvalue weighted by Crippen LogP contribution is 2.30. The molecule has 0 bridgehead atoms. The van der Waals surface area contributed by atoms with E-state index >= 15 is 0 Å². The first-order valence-electron chi connectivity index (χ1n) is 6.95. The Balaban J connectivity index is 2.49. The Hall–Kier alpha value is -1.50. The molecule has 0 unspecified atom stereocenters. The van der Waals surface area contributed by atoms with E-state index in [1.54, 1.807) is 0 Å². The second-order valence-electron chi connectivity index (χ2n) is 5.79. The molecular formula is C17H19B2N. The predicted octanol–water partition coefficient (Wildman–Crippen LogP) is 3.51. The van der Waals surface area contributed by atoms with Crippen molar-refractivity contribution < 1.29 is 0 Å². The second-order valence-corrected chi connectivity index (χ2v) is 5.79. The van der Waals surface area contributed by atoms with E-state index in [1.165, 1.54) is 5.56 Å². The summed E-state index contributed by atoms with van der Waals surface area (Å²) in [7, 11) is 12.5. The lowest BCUT2D eigenvalue weighted by atomic mass is 9.45. The van der Waals surface area contributed by atoms with Crippen LogP contribution in [0.4, 0.5) is 0 Å². The maximum atomic E-state index is 6.24. The third kappa shape index (κ3) is 2.67. The lowest BCUT2D eigenvalue weighted by Crippen LogP contribution is -2.34. The standard InChI is InChI=1S/C17H19B2N/c1-11(2)17(18,19)15-10-20-16(9-13(15)4)14-8-6-5-7-12(14)3/h5-11H,1-4H3. The summed E-state index contributed by atoms with van der Waals surface area (Å²) in [5.74, 6) is 0.146. The highest BCUT2D eigenvalue weighted by molar-refractivity contribution is 6.40. The maximum absolute atomic E-state index is 6.24. The molecule has 3 heteroatoms. The van der Waals surface area contributed by atoms with E-state index in [2.05, 4.69) is 30.1 Å². The Bertz CT molecular complexity index is 618. The SMILES string of the molecule is [B]C([B])(c1cnc(-c2ccccc2C)cc1C)C(C)C. The van der Waals surface area contributed by atoms with Gasteiger partial charge in [-0.3, -0.25) is 4.98 Å². The van der Waals surface area contributed by atoms with Crippen LogP contribution in [0.15, 0.2) is 36.5 Å². The van der Waals surface area contributed by atoms with Gasteiger partial charge in [0.2, 0.25) is 0 Å². The van der Waals surface area contributed by atoms with Gasteiger partial charge in [0.1, 0.15) is 0 Å². The molecule has 0 aliphatic heterocycles. The van der Waals surface area contributed by atoms with Gasteiger partial charge in [0.25, 0.3) is 0 Å². The van der Waals surface area contributed by atoms with Crippen molar-refractivity contribution in [2.45, 2.75) is 32.9 Å². The van der Waals surface area contributed by atoms with Crippen molar-refractivity contribution in [3.05, 3.63) is 53.2 Å². The molecule has 98 valence electrons. The Labute approximate surface area is 124 Å². The third-order valence-corrected chi connectivity index (χ3v) is 3.95. The molecule has 0 saturated heterocycles. The number of benzene rings is 1. The van der Waals surface area contributed by atoms with Gasteiger partial charge >= 0.3 is 0 Å². The molecule has 2 aromatic rings. The van der Waals surface area contributed by atoms with E-state index in [1.807, 2.05) is 39.1 Å². The highest BCUT2D eigenvalue weighted by atomic mass is 14.7. The number of hydrogen-bond donors (Lipinski definition) is 0. The fraction of sp³-hybridized carbons (Fsp3) is 0.353. The summed E-state index contributed by atoms with van der Waals surface area (Å²) in [6.07, 6.45) is 1.82. The monoisotopic (exact) mass is 259 g/mol. The molecule has 2 rings (SSSR count). The van der Waals surface area contributed by atoms with Crippen molar-refractivity contribution in [1.82, 2.24) is 4.98 Å². The van der Waals surface area contributed by atoms with E-state index in [0.29, 0.717) is 0 Å². The van der Waals surface area contributed by atoms with Crippen molar-refractivity contribution in [3.63, 3.8) is 0 Å². The van der Waals surface area contributed by atoms with Gasteiger partial charge in [0.15, 0.2) is 0 Å². The number of nitrogens with zero attached hydrogens (tertiary/aromatic N) is 1. The lowest BCUT2D eigenvalue weighted by molar-refractivity contribution is 0.566. The Kier molecular flexibility index (Phi) is 4.08. The fourth-order valence-corrected chi connectivity index (χ4v) is 2.33. The van der Waals surface area contributed by atoms with Gasteiger partial charge in [-0.05, 0) is 36.6 Å². The molecule has 0 saturated carbocycles. The van der Waals surface area contributed by atoms with Gasteiger partial charge in [-0.1, -0.05) is 49.2 Å². The summed E-state index contributed by atoms with van der Waals surface area (Å²) < 4.78 is 0. The van der Waals surface area contributed by atoms with E-state index in [0.717, 1.165) is 22.4 Å². The quantitative estimate of drug-likeness (QED) is 0.768. The summed E-state index contributed by atoms with van der Waals surface area (Å²) in [4.78, 5) is 4.56. The highest BCUT2D eigenvalue weighted by Gasteiger charge is 2.25. The lowest BCUT2D eigenvalue weighted by Gasteiger charge is -2.32. The zero-order chi connectivity index (χ0) is 14.9. The average molecular weight is 259 g/mol. The number of pyridine rings is 1. The summed E-state index contributed by atoms with van der Waals surface area (Å²) in [6.45, 7) is 8.17. The predicted molar refractivity (Wildman–Crippen MR) is 87.2 cm³/mol. The van der Waals surface area contributed by atoms with Crippen molar-refractivity contribution >= 4 is 15.7 Å². The molecule has 4 radical (unpaired) electrons. The topological polar surface area (TPSA) is 12.9 Å². The van der Waals surface area contributed by atoms with Gasteiger partial charge in [-0.2, -0.15) is 0 Å². The largest absolute Gasteiger partial charge is 0.256 e. The smallest absolute Gasteiger partial charge is 0.0707 e. The second kappa shape index (κ2) is 5.47. The molecular weight excluding hydrogens is 240 g/mol. The molecule has 1 aromatic carbocycles. The third-order valence-electron chi connectivity index (χ3n) is 3.95. The number of hydrogen-bond acceptors (Lipinski definition) is 1. The average Bonchev–Trinajstić information content (AvgIpc) is 2.38. The molecule has 20 heavy (non-hydrogen) atoms. The maximum Gasteiger partial charge on any atom is 0.0707 e. The van der Waals surface area contributed by atoms with E-state index in [4.69, 9.17) is 15.7 Å². The normalized spacial score (nSPS) is 11.8. The Morgan fingerprint density at radius 2 is 1.70 bits per heavy atom. The van der Waals surface area contributed by atoms with E-state index in [9.17, 15) is 0 Å². The minimum absolute atomic E-state index is 0.146. The van der Waals surface area contributed by atoms with Crippen LogP contribution in [-0.4, -0.2) is 20.7 Å². The summed E-state index contributed by atoms with van der Waals surface area (Å²) >= 11 is 0. The summed E-state index contributed by atoms with van der Waals surface area (Å²) in [6, 6.07) is 10.3. The minimum atomic E-state index is -0.846. The van der Waals surface area contributed by atoms with Gasteiger partial charge in [0.05, 0.1) is 21.4 Å². The molecule has 1 aromatic heterocycles. The minimum Gasteiger partial charge on any atom is -0.256 e. The van der Waals surface area contributed by atoms with Gasteiger partial charge in [-0.25, -0.2) is 0 Å². The fourth-order valence-electron chi connectivity index (χ4n) is 2.33. The zero-order valence-electron chi connectivity index (χ0n) is 12.6. The number of rotatable bonds is 3. The van der Waals surface area contributed by atoms with Crippen molar-refractivity contribution in [2.24, 2.45) is 5.92 Å². The van der Waals surface area contributed by atoms with Crippen LogP contribution in [0.1, 0.15) is 30.5 Å². The van der Waals surface area contributed by atoms with Gasteiger partial charge in [0, 0.05) is 11.8 Å². The summed E-state index contributed by atoms with van der Waals surface area (Å²) in [5.41, 5.74) is 5.31. The van der Waals surface area contributed by atoms with E-state index < -0.39 is 5.21 Å². The van der Waals surface area contributed by atoms with E-state index in [-0.39, 0.29) is 5.92 Å². The van der Waals surface area contributed by atoms with Gasteiger partial charge in [-0.15, -0.1) is 0 Å². The van der Waals surface area contributed by atoms with Crippen molar-refractivity contribution in [2.75, 3.05) is 0 Å². The van der Waals surface area contributed by atoms with Crippen LogP contribution in [0.2, 0.25) is 0 Å². The first kappa shape index (κ1) is 14.9. The molecule has 0 aliphatic carbocycles. The van der Waals surface area contributed by atoms with Gasteiger partial charge < -0.3 is 0 Å². The molecule has 0 amide bonds. The van der Waals surface area contributed by atoms with Crippen molar-refractivity contribution in [3.8, 4) is 11.3 Å². The summed E-state index contributed by atoms with van der Waals surface area (Å²) in [5, 5.41) is -0.846. The van der Waals surface area contributed by atoms with Crippen LogP contribution in [0, 0.1) is 19.8 Å². The molecule has 0 aliphatic rings. The molecule has 0 N–H and O–H groups in total. The first-order valence-corrected chi connectivity index (χ1v) is 6.95. The molecule has 1 nitrogen and oxygen atoms in total. The number of aromatic nitrogens is 1. The first-order chi connectivity index (χ1) is 9.34. The molecule has 0 atom stereocenters. The van der Waals surface area contributed by atoms with Crippen molar-refractivity contribution in [1.29, 1.82) is 0 Å². The van der Waals surface area contributed by atoms with Crippen LogP contribution in [-0.2, 0) is 5.21 Å². The zero-order valence-corrected chi connectivity index (χ0v) is 12.6. The molecule has 0 spiro atoms. The molecule has 1 heterocycles. The molecule has 0 fully saturated rings. The van der Waals surface area contributed by atoms with Crippen LogP contribution >= 0.6 is 0 Å². The number of aryl methyl sites for hydroxylation is 2. The van der Waals surface area contributed by atoms with Crippen LogP contribution < -0.4 is 0 Å². The van der Waals surface area contributed by atoms with Crippen LogP contribution in [0.25, 0.3) is 11.3 Å².